The normalized spacial score (nSPS) is 21.1. The molecular formula is C48H91NO8. The Balaban J connectivity index is 2.30. The van der Waals surface area contributed by atoms with Gasteiger partial charge in [0, 0.05) is 6.42 Å². The minimum Gasteiger partial charge on any atom is -0.394 e. The minimum atomic E-state index is -1.57. The van der Waals surface area contributed by atoms with E-state index in [1.54, 1.807) is 6.08 Å². The molecule has 1 aliphatic rings. The van der Waals surface area contributed by atoms with E-state index in [1.807, 2.05) is 6.08 Å². The summed E-state index contributed by atoms with van der Waals surface area (Å²) < 4.78 is 11.2. The monoisotopic (exact) mass is 810 g/mol. The Morgan fingerprint density at radius 3 is 1.46 bits per heavy atom. The maximum atomic E-state index is 12.9. The number of carbonyl (C=O) groups excluding carboxylic acids is 1. The number of unbranched alkanes of at least 4 members (excludes halogenated alkanes) is 28. The van der Waals surface area contributed by atoms with E-state index in [0.717, 1.165) is 57.8 Å². The molecule has 0 saturated carbocycles. The number of aliphatic hydroxyl groups is 5. The molecule has 1 aliphatic heterocycles. The molecule has 7 atom stereocenters. The lowest BCUT2D eigenvalue weighted by Gasteiger charge is -2.40. The van der Waals surface area contributed by atoms with Gasteiger partial charge in [0.2, 0.25) is 5.91 Å². The smallest absolute Gasteiger partial charge is 0.220 e. The number of rotatable bonds is 40. The van der Waals surface area contributed by atoms with E-state index in [1.165, 1.54) is 141 Å². The first-order valence-corrected chi connectivity index (χ1v) is 24.1. The van der Waals surface area contributed by atoms with Gasteiger partial charge in [-0.3, -0.25) is 4.79 Å². The second-order valence-electron chi connectivity index (χ2n) is 16.9. The van der Waals surface area contributed by atoms with Crippen molar-refractivity contribution in [3.8, 4) is 0 Å². The SMILES string of the molecule is CCCCC/C=C\CCCCCCCC(=O)NC(COC1OC(CO)C(O)C(O)C1O)C(O)/C=C/CCCCCCCCCCCCCCCCCCCCCC. The quantitative estimate of drug-likeness (QED) is 0.0265. The molecule has 0 aromatic heterocycles. The van der Waals surface area contributed by atoms with Gasteiger partial charge in [0.05, 0.1) is 25.4 Å². The molecule has 0 spiro atoms. The summed E-state index contributed by atoms with van der Waals surface area (Å²) in [6, 6.07) is -0.805. The van der Waals surface area contributed by atoms with Gasteiger partial charge < -0.3 is 40.3 Å². The molecule has 336 valence electrons. The van der Waals surface area contributed by atoms with Crippen molar-refractivity contribution in [2.75, 3.05) is 13.2 Å². The Hall–Kier alpha value is -1.33. The molecule has 9 heteroatoms. The fraction of sp³-hybridized carbons (Fsp3) is 0.896. The Labute approximate surface area is 349 Å². The van der Waals surface area contributed by atoms with Crippen molar-refractivity contribution in [3.63, 3.8) is 0 Å². The van der Waals surface area contributed by atoms with E-state index in [9.17, 15) is 30.3 Å². The fourth-order valence-corrected chi connectivity index (χ4v) is 7.62. The van der Waals surface area contributed by atoms with Crippen LogP contribution in [-0.4, -0.2) is 87.5 Å². The molecule has 7 unspecified atom stereocenters. The topological polar surface area (TPSA) is 149 Å². The van der Waals surface area contributed by atoms with E-state index >= 15 is 0 Å². The van der Waals surface area contributed by atoms with Crippen molar-refractivity contribution in [2.24, 2.45) is 0 Å². The molecule has 1 fully saturated rings. The molecule has 0 aromatic carbocycles. The van der Waals surface area contributed by atoms with Gasteiger partial charge in [0.25, 0.3) is 0 Å². The Bertz CT molecular complexity index is 945. The van der Waals surface area contributed by atoms with E-state index < -0.39 is 49.5 Å². The number of hydrogen-bond acceptors (Lipinski definition) is 8. The third-order valence-corrected chi connectivity index (χ3v) is 11.5. The van der Waals surface area contributed by atoms with Crippen LogP contribution in [0.4, 0.5) is 0 Å². The van der Waals surface area contributed by atoms with Crippen molar-refractivity contribution in [3.05, 3.63) is 24.3 Å². The van der Waals surface area contributed by atoms with Crippen LogP contribution in [0.25, 0.3) is 0 Å². The van der Waals surface area contributed by atoms with Crippen LogP contribution >= 0.6 is 0 Å². The molecule has 1 amide bonds. The van der Waals surface area contributed by atoms with Crippen molar-refractivity contribution < 1.29 is 39.8 Å². The zero-order valence-electron chi connectivity index (χ0n) is 36.9. The van der Waals surface area contributed by atoms with Gasteiger partial charge in [-0.25, -0.2) is 0 Å². The first-order valence-electron chi connectivity index (χ1n) is 24.1. The molecule has 1 heterocycles. The Morgan fingerprint density at radius 1 is 0.579 bits per heavy atom. The molecule has 0 radical (unpaired) electrons. The van der Waals surface area contributed by atoms with Crippen LogP contribution < -0.4 is 5.32 Å². The Morgan fingerprint density at radius 2 is 0.982 bits per heavy atom. The van der Waals surface area contributed by atoms with E-state index in [2.05, 4.69) is 31.3 Å². The summed E-state index contributed by atoms with van der Waals surface area (Å²) in [5.74, 6) is -0.186. The zero-order chi connectivity index (χ0) is 41.6. The second-order valence-corrected chi connectivity index (χ2v) is 16.9. The molecular weight excluding hydrogens is 719 g/mol. The van der Waals surface area contributed by atoms with Crippen LogP contribution in [0.1, 0.15) is 219 Å². The highest BCUT2D eigenvalue weighted by atomic mass is 16.7. The van der Waals surface area contributed by atoms with Gasteiger partial charge in [-0.05, 0) is 44.9 Å². The van der Waals surface area contributed by atoms with E-state index in [4.69, 9.17) is 9.47 Å². The van der Waals surface area contributed by atoms with E-state index in [0.29, 0.717) is 6.42 Å². The molecule has 0 bridgehead atoms. The van der Waals surface area contributed by atoms with Crippen LogP contribution in [0.5, 0.6) is 0 Å². The zero-order valence-corrected chi connectivity index (χ0v) is 36.9. The maximum Gasteiger partial charge on any atom is 0.220 e. The van der Waals surface area contributed by atoms with Crippen LogP contribution in [0, 0.1) is 0 Å². The number of aliphatic hydroxyl groups excluding tert-OH is 5. The lowest BCUT2D eigenvalue weighted by molar-refractivity contribution is -0.302. The van der Waals surface area contributed by atoms with E-state index in [-0.39, 0.29) is 12.5 Å². The summed E-state index contributed by atoms with van der Waals surface area (Å²) >= 11 is 0. The van der Waals surface area contributed by atoms with Gasteiger partial charge in [-0.15, -0.1) is 0 Å². The highest BCUT2D eigenvalue weighted by Gasteiger charge is 2.44. The molecule has 0 aliphatic carbocycles. The molecule has 1 saturated heterocycles. The number of hydrogen-bond donors (Lipinski definition) is 6. The Kier molecular flexibility index (Phi) is 36.6. The summed E-state index contributed by atoms with van der Waals surface area (Å²) in [4.78, 5) is 12.9. The molecule has 1 rings (SSSR count). The molecule has 0 aromatic rings. The number of nitrogens with one attached hydrogen (secondary N) is 1. The van der Waals surface area contributed by atoms with Gasteiger partial charge in [0.15, 0.2) is 6.29 Å². The molecule has 9 nitrogen and oxygen atoms in total. The molecule has 6 N–H and O–H groups in total. The van der Waals surface area contributed by atoms with Gasteiger partial charge in [-0.1, -0.05) is 192 Å². The van der Waals surface area contributed by atoms with Crippen molar-refractivity contribution in [1.29, 1.82) is 0 Å². The summed E-state index contributed by atoms with van der Waals surface area (Å²) in [6.45, 7) is 3.75. The van der Waals surface area contributed by atoms with Crippen LogP contribution in [0.15, 0.2) is 24.3 Å². The highest BCUT2D eigenvalue weighted by molar-refractivity contribution is 5.76. The number of allylic oxidation sites excluding steroid dienone is 3. The van der Waals surface area contributed by atoms with Crippen LogP contribution in [0.3, 0.4) is 0 Å². The summed E-state index contributed by atoms with van der Waals surface area (Å²) in [6.07, 6.45) is 39.4. The predicted octanol–water partition coefficient (Wildman–Crippen LogP) is 10.3. The number of ether oxygens (including phenoxy) is 2. The second kappa shape index (κ2) is 38.8. The maximum absolute atomic E-state index is 12.9. The van der Waals surface area contributed by atoms with Crippen LogP contribution in [0.2, 0.25) is 0 Å². The number of carbonyl (C=O) groups is 1. The van der Waals surface area contributed by atoms with Crippen molar-refractivity contribution in [1.82, 2.24) is 5.32 Å². The van der Waals surface area contributed by atoms with Crippen LogP contribution in [-0.2, 0) is 14.3 Å². The lowest BCUT2D eigenvalue weighted by atomic mass is 9.99. The third kappa shape index (κ3) is 29.5. The number of amides is 1. The summed E-state index contributed by atoms with van der Waals surface area (Å²) in [5.41, 5.74) is 0. The van der Waals surface area contributed by atoms with Crippen molar-refractivity contribution >= 4 is 5.91 Å². The summed E-state index contributed by atoms with van der Waals surface area (Å²) in [7, 11) is 0. The van der Waals surface area contributed by atoms with Gasteiger partial charge >= 0.3 is 0 Å². The van der Waals surface area contributed by atoms with Gasteiger partial charge in [0.1, 0.15) is 24.4 Å². The average molecular weight is 810 g/mol. The largest absolute Gasteiger partial charge is 0.394 e. The van der Waals surface area contributed by atoms with Crippen molar-refractivity contribution in [2.45, 2.75) is 262 Å². The minimum absolute atomic E-state index is 0.186. The lowest BCUT2D eigenvalue weighted by Crippen LogP contribution is -2.60. The first kappa shape index (κ1) is 53.7. The fourth-order valence-electron chi connectivity index (χ4n) is 7.62. The predicted molar refractivity (Wildman–Crippen MR) is 235 cm³/mol. The highest BCUT2D eigenvalue weighted by Crippen LogP contribution is 2.23. The summed E-state index contributed by atoms with van der Waals surface area (Å²) in [5, 5.41) is 54.2. The average Bonchev–Trinajstić information content (AvgIpc) is 3.21. The van der Waals surface area contributed by atoms with Gasteiger partial charge in [-0.2, -0.15) is 0 Å². The standard InChI is InChI=1S/C48H91NO8/c1-3-5-7-9-11-13-15-17-18-19-20-21-22-23-24-25-26-27-29-31-33-35-37-42(51)41(40-56-48-47(55)46(54)45(53)43(39-50)57-48)49-44(52)38-36-34-32-30-28-16-14-12-10-8-6-4-2/h12,14,35,37,41-43,45-48,50-51,53-55H,3-11,13,15-34,36,38-40H2,1-2H3,(H,49,52)/b14-12-,37-35+. The first-order chi connectivity index (χ1) is 27.8. The molecule has 57 heavy (non-hydrogen) atoms. The third-order valence-electron chi connectivity index (χ3n) is 11.5.